The molecule has 0 aromatic carbocycles. The number of amides is 1. The van der Waals surface area contributed by atoms with E-state index in [0.29, 0.717) is 23.4 Å². The Morgan fingerprint density at radius 2 is 2.20 bits per heavy atom. The number of allylic oxidation sites excluding steroid dienone is 1. The summed E-state index contributed by atoms with van der Waals surface area (Å²) in [5.41, 5.74) is 0. The molecule has 0 aliphatic rings. The number of aromatic nitrogens is 5. The number of hydrogen-bond acceptors (Lipinski definition) is 9. The highest BCUT2D eigenvalue weighted by atomic mass is 32.2. The topological polar surface area (TPSA) is 94.8 Å². The van der Waals surface area contributed by atoms with Crippen molar-refractivity contribution >= 4 is 45.9 Å². The molecule has 0 unspecified atom stereocenters. The molecular formula is C14H20N6O2S3. The van der Waals surface area contributed by atoms with Crippen LogP contribution in [0.4, 0.5) is 5.13 Å². The first kappa shape index (κ1) is 19.9. The second-order valence-corrected chi connectivity index (χ2v) is 7.96. The molecule has 11 heteroatoms. The van der Waals surface area contributed by atoms with Crippen LogP contribution in [0.5, 0.6) is 0 Å². The van der Waals surface area contributed by atoms with Gasteiger partial charge in [-0.3, -0.25) is 10.1 Å². The minimum atomic E-state index is -0.152. The van der Waals surface area contributed by atoms with E-state index in [2.05, 4.69) is 32.3 Å². The van der Waals surface area contributed by atoms with Gasteiger partial charge in [0.15, 0.2) is 9.50 Å². The van der Waals surface area contributed by atoms with Gasteiger partial charge in [0.1, 0.15) is 5.82 Å². The Kier molecular flexibility index (Phi) is 8.38. The average molecular weight is 401 g/mol. The standard InChI is InChI=1S/C14H20N6O2S3/c1-4-6-20-10(5-2)16-18-13(20)24-9-11(21)15-12-17-19-14(25-12)23-8-7-22-3/h4H,1,5-9H2,2-3H3,(H,15,17,21). The van der Waals surface area contributed by atoms with Crippen molar-refractivity contribution in [3.05, 3.63) is 18.5 Å². The van der Waals surface area contributed by atoms with E-state index >= 15 is 0 Å². The smallest absolute Gasteiger partial charge is 0.236 e. The molecule has 0 radical (unpaired) electrons. The zero-order chi connectivity index (χ0) is 18.1. The monoisotopic (exact) mass is 400 g/mol. The molecule has 0 fully saturated rings. The van der Waals surface area contributed by atoms with Crippen LogP contribution in [0, 0.1) is 0 Å². The summed E-state index contributed by atoms with van der Waals surface area (Å²) in [6.07, 6.45) is 2.57. The number of anilines is 1. The van der Waals surface area contributed by atoms with E-state index in [1.165, 1.54) is 23.1 Å². The van der Waals surface area contributed by atoms with E-state index in [9.17, 15) is 4.79 Å². The van der Waals surface area contributed by atoms with Gasteiger partial charge < -0.3 is 9.30 Å². The van der Waals surface area contributed by atoms with Crippen molar-refractivity contribution in [2.24, 2.45) is 0 Å². The van der Waals surface area contributed by atoms with E-state index < -0.39 is 0 Å². The fourth-order valence-electron chi connectivity index (χ4n) is 1.82. The van der Waals surface area contributed by atoms with Crippen molar-refractivity contribution < 1.29 is 9.53 Å². The molecule has 0 bridgehead atoms. The lowest BCUT2D eigenvalue weighted by atomic mass is 10.4. The summed E-state index contributed by atoms with van der Waals surface area (Å²) in [5.74, 6) is 1.75. The van der Waals surface area contributed by atoms with E-state index in [1.54, 1.807) is 24.9 Å². The zero-order valence-electron chi connectivity index (χ0n) is 14.1. The summed E-state index contributed by atoms with van der Waals surface area (Å²) in [5, 5.41) is 20.2. The summed E-state index contributed by atoms with van der Waals surface area (Å²) < 4.78 is 7.75. The van der Waals surface area contributed by atoms with Crippen molar-refractivity contribution in [3.8, 4) is 0 Å². The van der Waals surface area contributed by atoms with Gasteiger partial charge in [-0.15, -0.1) is 27.0 Å². The molecule has 0 saturated carbocycles. The Hall–Kier alpha value is -1.43. The van der Waals surface area contributed by atoms with Crippen LogP contribution < -0.4 is 5.32 Å². The Labute approximate surface area is 158 Å². The Bertz CT molecular complexity index is 703. The fourth-order valence-corrected chi connectivity index (χ4v) is 4.32. The molecule has 0 aliphatic carbocycles. The van der Waals surface area contributed by atoms with Gasteiger partial charge in [-0.2, -0.15) is 0 Å². The van der Waals surface area contributed by atoms with Gasteiger partial charge in [0, 0.05) is 25.8 Å². The molecule has 2 aromatic rings. The molecule has 2 aromatic heterocycles. The molecule has 8 nitrogen and oxygen atoms in total. The first-order valence-corrected chi connectivity index (χ1v) is 10.4. The minimum absolute atomic E-state index is 0.152. The number of aryl methyl sites for hydroxylation is 1. The van der Waals surface area contributed by atoms with Crippen LogP contribution in [0.2, 0.25) is 0 Å². The predicted octanol–water partition coefficient (Wildman–Crippen LogP) is 2.35. The number of methoxy groups -OCH3 is 1. The number of ether oxygens (including phenoxy) is 1. The Balaban J connectivity index is 1.85. The summed E-state index contributed by atoms with van der Waals surface area (Å²) in [6.45, 7) is 7.03. The summed E-state index contributed by atoms with van der Waals surface area (Å²) in [7, 11) is 1.66. The van der Waals surface area contributed by atoms with Crippen molar-refractivity contribution in [3.63, 3.8) is 0 Å². The average Bonchev–Trinajstić information content (AvgIpc) is 3.20. The SMILES string of the molecule is C=CCn1c(CC)nnc1SCC(=O)Nc1nnc(SCCOC)s1. The van der Waals surface area contributed by atoms with Crippen molar-refractivity contribution in [2.75, 3.05) is 30.5 Å². The van der Waals surface area contributed by atoms with Crippen LogP contribution in [0.25, 0.3) is 0 Å². The van der Waals surface area contributed by atoms with Crippen molar-refractivity contribution in [1.29, 1.82) is 0 Å². The molecule has 1 N–H and O–H groups in total. The Morgan fingerprint density at radius 1 is 1.36 bits per heavy atom. The number of carbonyl (C=O) groups excluding carboxylic acids is 1. The first-order valence-electron chi connectivity index (χ1n) is 7.58. The maximum atomic E-state index is 12.1. The Morgan fingerprint density at radius 3 is 2.92 bits per heavy atom. The van der Waals surface area contributed by atoms with Crippen LogP contribution in [-0.4, -0.2) is 56.1 Å². The van der Waals surface area contributed by atoms with E-state index in [1.807, 2.05) is 11.5 Å². The number of carbonyl (C=O) groups is 1. The number of nitrogens with zero attached hydrogens (tertiary/aromatic N) is 5. The lowest BCUT2D eigenvalue weighted by Gasteiger charge is -2.06. The van der Waals surface area contributed by atoms with Crippen LogP contribution in [0.3, 0.4) is 0 Å². The molecule has 0 atom stereocenters. The van der Waals surface area contributed by atoms with Crippen LogP contribution in [0.1, 0.15) is 12.7 Å². The zero-order valence-corrected chi connectivity index (χ0v) is 16.5. The third-order valence-electron chi connectivity index (χ3n) is 2.92. The lowest BCUT2D eigenvalue weighted by Crippen LogP contribution is -2.14. The third-order valence-corrected chi connectivity index (χ3v) is 5.82. The largest absolute Gasteiger partial charge is 0.384 e. The molecule has 2 rings (SSSR count). The van der Waals surface area contributed by atoms with Gasteiger partial charge in [0.05, 0.1) is 12.4 Å². The number of thioether (sulfide) groups is 2. The summed E-state index contributed by atoms with van der Waals surface area (Å²) >= 11 is 4.24. The third kappa shape index (κ3) is 6.10. The first-order chi connectivity index (χ1) is 12.2. The minimum Gasteiger partial charge on any atom is -0.384 e. The predicted molar refractivity (Wildman–Crippen MR) is 101 cm³/mol. The van der Waals surface area contributed by atoms with Crippen molar-refractivity contribution in [2.45, 2.75) is 29.4 Å². The van der Waals surface area contributed by atoms with Crippen molar-refractivity contribution in [1.82, 2.24) is 25.0 Å². The lowest BCUT2D eigenvalue weighted by molar-refractivity contribution is -0.113. The van der Waals surface area contributed by atoms with Gasteiger partial charge in [-0.1, -0.05) is 47.9 Å². The molecular weight excluding hydrogens is 380 g/mol. The highest BCUT2D eigenvalue weighted by Gasteiger charge is 2.13. The van der Waals surface area contributed by atoms with Gasteiger partial charge >= 0.3 is 0 Å². The number of hydrogen-bond donors (Lipinski definition) is 1. The van der Waals surface area contributed by atoms with E-state index in [0.717, 1.165) is 22.3 Å². The molecule has 2 heterocycles. The van der Waals surface area contributed by atoms with Crippen LogP contribution in [0.15, 0.2) is 22.2 Å². The number of rotatable bonds is 11. The van der Waals surface area contributed by atoms with E-state index in [4.69, 9.17) is 4.74 Å². The fraction of sp³-hybridized carbons (Fsp3) is 0.500. The van der Waals surface area contributed by atoms with Gasteiger partial charge in [-0.25, -0.2) is 0 Å². The van der Waals surface area contributed by atoms with E-state index in [-0.39, 0.29) is 11.7 Å². The normalized spacial score (nSPS) is 10.8. The van der Waals surface area contributed by atoms with Gasteiger partial charge in [-0.05, 0) is 0 Å². The van der Waals surface area contributed by atoms with Crippen LogP contribution in [-0.2, 0) is 22.5 Å². The summed E-state index contributed by atoms with van der Waals surface area (Å²) in [4.78, 5) is 12.1. The van der Waals surface area contributed by atoms with Gasteiger partial charge in [0.25, 0.3) is 0 Å². The highest BCUT2D eigenvalue weighted by Crippen LogP contribution is 2.25. The maximum absolute atomic E-state index is 12.1. The molecule has 0 spiro atoms. The second-order valence-electron chi connectivity index (χ2n) is 4.70. The molecule has 136 valence electrons. The summed E-state index contributed by atoms with van der Waals surface area (Å²) in [6, 6.07) is 0. The quantitative estimate of drug-likeness (QED) is 0.266. The molecule has 0 aliphatic heterocycles. The maximum Gasteiger partial charge on any atom is 0.236 e. The highest BCUT2D eigenvalue weighted by molar-refractivity contribution is 8.01. The second kappa shape index (κ2) is 10.5. The molecule has 0 saturated heterocycles. The molecule has 1 amide bonds. The van der Waals surface area contributed by atoms with Crippen LogP contribution >= 0.6 is 34.9 Å². The molecule has 25 heavy (non-hydrogen) atoms. The number of nitrogens with one attached hydrogen (secondary N) is 1. The van der Waals surface area contributed by atoms with Gasteiger partial charge in [0.2, 0.25) is 11.0 Å².